The number of carbonyl (C=O) groups is 1. The van der Waals surface area contributed by atoms with Crippen molar-refractivity contribution in [1.29, 1.82) is 0 Å². The highest BCUT2D eigenvalue weighted by atomic mass is 19.1. The molecule has 2 aromatic heterocycles. The summed E-state index contributed by atoms with van der Waals surface area (Å²) in [6.45, 7) is -0.363. The molecule has 0 amide bonds. The highest BCUT2D eigenvalue weighted by molar-refractivity contribution is 5.96. The van der Waals surface area contributed by atoms with Crippen LogP contribution in [0.25, 0.3) is 22.8 Å². The third-order valence-corrected chi connectivity index (χ3v) is 4.55. The van der Waals surface area contributed by atoms with E-state index in [1.165, 1.54) is 61.8 Å². The molecule has 4 rings (SSSR count). The van der Waals surface area contributed by atoms with E-state index in [1.54, 1.807) is 6.07 Å². The average molecular weight is 423 g/mol. The van der Waals surface area contributed by atoms with Gasteiger partial charge in [-0.25, -0.2) is 8.78 Å². The van der Waals surface area contributed by atoms with Gasteiger partial charge >= 0.3 is 0 Å². The molecule has 0 spiro atoms. The Kier molecular flexibility index (Phi) is 5.40. The van der Waals surface area contributed by atoms with E-state index < -0.39 is 23.0 Å². The molecular formula is C22H15F2N3O4. The van der Waals surface area contributed by atoms with Gasteiger partial charge in [0.05, 0.1) is 24.8 Å². The molecule has 0 N–H and O–H groups in total. The lowest BCUT2D eigenvalue weighted by molar-refractivity contribution is 0.0967. The summed E-state index contributed by atoms with van der Waals surface area (Å²) < 4.78 is 39.0. The molecule has 0 saturated carbocycles. The summed E-state index contributed by atoms with van der Waals surface area (Å²) in [5.74, 6) is -1.51. The molecule has 0 bridgehead atoms. The SMILES string of the molecule is COc1ccc(-c2noc(-c3ccc(=O)n(CC(=O)c4ccccc4F)c3)n2)cc1F. The smallest absolute Gasteiger partial charge is 0.259 e. The van der Waals surface area contributed by atoms with Crippen molar-refractivity contribution >= 4 is 5.78 Å². The predicted octanol–water partition coefficient (Wildman–Crippen LogP) is 3.74. The molecule has 0 saturated heterocycles. The molecule has 0 atom stereocenters. The molecule has 0 aliphatic rings. The molecule has 31 heavy (non-hydrogen) atoms. The second-order valence-electron chi connectivity index (χ2n) is 6.56. The van der Waals surface area contributed by atoms with E-state index in [2.05, 4.69) is 10.1 Å². The maximum Gasteiger partial charge on any atom is 0.259 e. The van der Waals surface area contributed by atoms with Crippen molar-refractivity contribution in [2.24, 2.45) is 0 Å². The molecule has 156 valence electrons. The van der Waals surface area contributed by atoms with Crippen LogP contribution >= 0.6 is 0 Å². The van der Waals surface area contributed by atoms with Gasteiger partial charge in [0.1, 0.15) is 5.82 Å². The minimum absolute atomic E-state index is 0.0679. The fraction of sp³-hybridized carbons (Fsp3) is 0.0909. The van der Waals surface area contributed by atoms with Crippen LogP contribution in [0.2, 0.25) is 0 Å². The molecule has 0 unspecified atom stereocenters. The lowest BCUT2D eigenvalue weighted by Gasteiger charge is -2.07. The van der Waals surface area contributed by atoms with Gasteiger partial charge in [-0.1, -0.05) is 17.3 Å². The lowest BCUT2D eigenvalue weighted by atomic mass is 10.1. The van der Waals surface area contributed by atoms with E-state index in [-0.39, 0.29) is 29.6 Å². The Labute approximate surface area is 174 Å². The Balaban J connectivity index is 1.62. The average Bonchev–Trinajstić information content (AvgIpc) is 3.26. The maximum atomic E-state index is 13.9. The normalized spacial score (nSPS) is 10.8. The second-order valence-corrected chi connectivity index (χ2v) is 6.56. The number of carbonyl (C=O) groups excluding carboxylic acids is 1. The molecule has 0 fully saturated rings. The standard InChI is InChI=1S/C22H15F2N3O4/c1-30-19-8-6-13(10-17(19)24)21-25-22(31-26-21)14-7-9-20(29)27(11-14)12-18(28)15-4-2-3-5-16(15)23/h2-11H,12H2,1H3. The van der Waals surface area contributed by atoms with Gasteiger partial charge in [-0.3, -0.25) is 9.59 Å². The number of halogens is 2. The van der Waals surface area contributed by atoms with E-state index in [9.17, 15) is 18.4 Å². The molecule has 2 aromatic carbocycles. The summed E-state index contributed by atoms with van der Waals surface area (Å²) >= 11 is 0. The number of pyridine rings is 1. The number of nitrogens with zero attached hydrogens (tertiary/aromatic N) is 3. The monoisotopic (exact) mass is 423 g/mol. The highest BCUT2D eigenvalue weighted by Crippen LogP contribution is 2.25. The fourth-order valence-electron chi connectivity index (χ4n) is 2.97. The van der Waals surface area contributed by atoms with Gasteiger partial charge in [-0.05, 0) is 36.4 Å². The van der Waals surface area contributed by atoms with Crippen molar-refractivity contribution in [1.82, 2.24) is 14.7 Å². The number of rotatable bonds is 6. The van der Waals surface area contributed by atoms with Gasteiger partial charge in [0.2, 0.25) is 5.82 Å². The number of hydrogen-bond donors (Lipinski definition) is 0. The van der Waals surface area contributed by atoms with Gasteiger partial charge in [-0.2, -0.15) is 4.98 Å². The summed E-state index contributed by atoms with van der Waals surface area (Å²) in [7, 11) is 1.36. The summed E-state index contributed by atoms with van der Waals surface area (Å²) in [5.41, 5.74) is 0.178. The number of benzene rings is 2. The fourth-order valence-corrected chi connectivity index (χ4v) is 2.97. The first kappa shape index (κ1) is 20.1. The number of ketones is 1. The topological polar surface area (TPSA) is 87.2 Å². The van der Waals surface area contributed by atoms with Crippen molar-refractivity contribution < 1.29 is 22.8 Å². The Hall–Kier alpha value is -4.14. The van der Waals surface area contributed by atoms with Crippen molar-refractivity contribution in [2.45, 2.75) is 6.54 Å². The Morgan fingerprint density at radius 1 is 1.06 bits per heavy atom. The van der Waals surface area contributed by atoms with Crippen LogP contribution in [-0.2, 0) is 6.54 Å². The van der Waals surface area contributed by atoms with Crippen LogP contribution in [0.3, 0.4) is 0 Å². The maximum absolute atomic E-state index is 13.9. The minimum atomic E-state index is -0.662. The van der Waals surface area contributed by atoms with E-state index in [0.717, 1.165) is 4.57 Å². The van der Waals surface area contributed by atoms with Crippen molar-refractivity contribution in [3.63, 3.8) is 0 Å². The lowest BCUT2D eigenvalue weighted by Crippen LogP contribution is -2.23. The Bertz CT molecular complexity index is 1330. The molecule has 0 aliphatic heterocycles. The van der Waals surface area contributed by atoms with Crippen LogP contribution in [0, 0.1) is 11.6 Å². The number of hydrogen-bond acceptors (Lipinski definition) is 6. The number of Topliss-reactive ketones (excluding diaryl/α,β-unsaturated/α-hetero) is 1. The number of aromatic nitrogens is 3. The minimum Gasteiger partial charge on any atom is -0.494 e. The van der Waals surface area contributed by atoms with Gasteiger partial charge in [0, 0.05) is 17.8 Å². The first-order valence-electron chi connectivity index (χ1n) is 9.12. The Morgan fingerprint density at radius 2 is 1.84 bits per heavy atom. The van der Waals surface area contributed by atoms with E-state index in [1.807, 2.05) is 0 Å². The summed E-state index contributed by atoms with van der Waals surface area (Å²) in [6.07, 6.45) is 1.37. The van der Waals surface area contributed by atoms with E-state index in [0.29, 0.717) is 11.1 Å². The molecule has 0 radical (unpaired) electrons. The van der Waals surface area contributed by atoms with Crippen LogP contribution in [0.5, 0.6) is 5.75 Å². The quantitative estimate of drug-likeness (QED) is 0.439. The van der Waals surface area contributed by atoms with Crippen molar-refractivity contribution in [3.05, 3.63) is 88.3 Å². The molecule has 9 heteroatoms. The number of methoxy groups -OCH3 is 1. The van der Waals surface area contributed by atoms with Gasteiger partial charge in [0.25, 0.3) is 11.4 Å². The zero-order valence-electron chi connectivity index (χ0n) is 16.2. The number of ether oxygens (including phenoxy) is 1. The van der Waals surface area contributed by atoms with Crippen LogP contribution in [-0.4, -0.2) is 27.6 Å². The molecular weight excluding hydrogens is 408 g/mol. The van der Waals surface area contributed by atoms with Crippen LogP contribution in [0.4, 0.5) is 8.78 Å². The Morgan fingerprint density at radius 3 is 2.58 bits per heavy atom. The van der Waals surface area contributed by atoms with Gasteiger partial charge in [0.15, 0.2) is 17.3 Å². The largest absolute Gasteiger partial charge is 0.494 e. The van der Waals surface area contributed by atoms with Crippen LogP contribution in [0.1, 0.15) is 10.4 Å². The first-order valence-corrected chi connectivity index (χ1v) is 9.12. The van der Waals surface area contributed by atoms with Gasteiger partial charge < -0.3 is 13.8 Å². The molecule has 0 aliphatic carbocycles. The molecule has 2 heterocycles. The second kappa shape index (κ2) is 8.31. The molecule has 7 nitrogen and oxygen atoms in total. The van der Waals surface area contributed by atoms with Crippen LogP contribution in [0.15, 0.2) is 70.1 Å². The van der Waals surface area contributed by atoms with E-state index >= 15 is 0 Å². The van der Waals surface area contributed by atoms with Crippen molar-refractivity contribution in [2.75, 3.05) is 7.11 Å². The highest BCUT2D eigenvalue weighted by Gasteiger charge is 2.16. The predicted molar refractivity (Wildman–Crippen MR) is 107 cm³/mol. The van der Waals surface area contributed by atoms with E-state index in [4.69, 9.17) is 9.26 Å². The van der Waals surface area contributed by atoms with Crippen LogP contribution < -0.4 is 10.3 Å². The third-order valence-electron chi connectivity index (χ3n) is 4.55. The third kappa shape index (κ3) is 4.11. The van der Waals surface area contributed by atoms with Gasteiger partial charge in [-0.15, -0.1) is 0 Å². The summed E-state index contributed by atoms with van der Waals surface area (Å²) in [6, 6.07) is 12.5. The summed E-state index contributed by atoms with van der Waals surface area (Å²) in [4.78, 5) is 28.8. The van der Waals surface area contributed by atoms with Crippen molar-refractivity contribution in [3.8, 4) is 28.6 Å². The summed E-state index contributed by atoms with van der Waals surface area (Å²) in [5, 5.41) is 3.83. The zero-order valence-corrected chi connectivity index (χ0v) is 16.2. The first-order chi connectivity index (χ1) is 15.0. The zero-order chi connectivity index (χ0) is 22.0. The molecule has 4 aromatic rings.